The lowest BCUT2D eigenvalue weighted by atomic mass is 9.78. The number of carboxylic acid groups (broad SMARTS) is 1. The molecule has 6 N–H and O–H groups in total. The molecule has 0 radical (unpaired) electrons. The summed E-state index contributed by atoms with van der Waals surface area (Å²) in [5, 5.41) is 26.8. The van der Waals surface area contributed by atoms with Crippen LogP contribution >= 0.6 is 0 Å². The van der Waals surface area contributed by atoms with E-state index in [0.717, 1.165) is 4.31 Å². The van der Waals surface area contributed by atoms with Gasteiger partial charge < -0.3 is 20.9 Å². The fraction of sp³-hybridized carbons (Fsp3) is 0.889. The minimum absolute atomic E-state index is 0.00645. The molecule has 0 aromatic carbocycles. The predicted molar refractivity (Wildman–Crippen MR) is 71.8 cm³/mol. The van der Waals surface area contributed by atoms with Crippen molar-refractivity contribution < 1.29 is 28.4 Å². The van der Waals surface area contributed by atoms with E-state index in [2.05, 4.69) is 4.72 Å². The van der Waals surface area contributed by atoms with Crippen LogP contribution in [0.1, 0.15) is 12.8 Å². The second kappa shape index (κ2) is 6.37. The lowest BCUT2D eigenvalue weighted by Gasteiger charge is -2.25. The van der Waals surface area contributed by atoms with E-state index < -0.39 is 34.8 Å². The van der Waals surface area contributed by atoms with E-state index in [0.29, 0.717) is 12.8 Å². The Morgan fingerprint density at radius 1 is 1.55 bits per heavy atom. The van der Waals surface area contributed by atoms with Gasteiger partial charge >= 0.3 is 13.1 Å². The largest absolute Gasteiger partial charge is 0.480 e. The summed E-state index contributed by atoms with van der Waals surface area (Å²) in [6.45, 7) is -0.314. The van der Waals surface area contributed by atoms with Crippen molar-refractivity contribution in [3.63, 3.8) is 0 Å². The number of rotatable bonds is 7. The molecule has 0 aromatic rings. The second-order valence-electron chi connectivity index (χ2n) is 4.96. The van der Waals surface area contributed by atoms with Crippen LogP contribution in [-0.4, -0.2) is 66.6 Å². The molecule has 0 amide bonds. The maximum absolute atomic E-state index is 11.7. The Labute approximate surface area is 118 Å². The summed E-state index contributed by atoms with van der Waals surface area (Å²) in [5.41, 5.74) is 4.18. The Bertz CT molecular complexity index is 459. The molecular weight excluding hydrogens is 289 g/mol. The van der Waals surface area contributed by atoms with E-state index in [-0.39, 0.29) is 19.4 Å². The zero-order chi connectivity index (χ0) is 15.6. The van der Waals surface area contributed by atoms with Gasteiger partial charge in [-0.15, -0.1) is 0 Å². The summed E-state index contributed by atoms with van der Waals surface area (Å²) in [6, 6.07) is 0. The molecule has 0 aromatic heterocycles. The number of nitrogens with one attached hydrogen (secondary N) is 1. The van der Waals surface area contributed by atoms with E-state index in [1.165, 1.54) is 7.05 Å². The van der Waals surface area contributed by atoms with Crippen molar-refractivity contribution in [1.29, 1.82) is 0 Å². The summed E-state index contributed by atoms with van der Waals surface area (Å²) in [7, 11) is -3.96. The predicted octanol–water partition coefficient (Wildman–Crippen LogP) is -2.58. The average Bonchev–Trinajstić information content (AvgIpc) is 2.69. The molecule has 0 aliphatic carbocycles. The van der Waals surface area contributed by atoms with Gasteiger partial charge in [0, 0.05) is 26.1 Å². The van der Waals surface area contributed by atoms with E-state index >= 15 is 0 Å². The van der Waals surface area contributed by atoms with Gasteiger partial charge in [-0.25, -0.2) is 4.72 Å². The van der Waals surface area contributed by atoms with Crippen molar-refractivity contribution in [1.82, 2.24) is 9.03 Å². The van der Waals surface area contributed by atoms with E-state index in [4.69, 9.17) is 15.8 Å². The van der Waals surface area contributed by atoms with Gasteiger partial charge in [-0.2, -0.15) is 12.7 Å². The number of carbonyl (C=O) groups is 1. The molecule has 9 nitrogen and oxygen atoms in total. The minimum atomic E-state index is -3.74. The summed E-state index contributed by atoms with van der Waals surface area (Å²) in [4.78, 5) is 11.3. The summed E-state index contributed by atoms with van der Waals surface area (Å²) < 4.78 is 26.6. The summed E-state index contributed by atoms with van der Waals surface area (Å²) in [5.74, 6) is -1.84. The molecule has 2 atom stereocenters. The van der Waals surface area contributed by atoms with Gasteiger partial charge in [0.15, 0.2) is 0 Å². The number of hydrogen-bond donors (Lipinski definition) is 5. The van der Waals surface area contributed by atoms with Crippen LogP contribution in [0.5, 0.6) is 0 Å². The summed E-state index contributed by atoms with van der Waals surface area (Å²) in [6.07, 6.45) is 0.739. The number of hydrogen-bond acceptors (Lipinski definition) is 6. The van der Waals surface area contributed by atoms with Crippen LogP contribution < -0.4 is 10.5 Å². The maximum Gasteiger partial charge on any atom is 0.451 e. The lowest BCUT2D eigenvalue weighted by Crippen LogP contribution is -2.55. The molecule has 0 saturated carbocycles. The average molecular weight is 309 g/mol. The van der Waals surface area contributed by atoms with Crippen molar-refractivity contribution >= 4 is 23.3 Å². The van der Waals surface area contributed by atoms with Crippen molar-refractivity contribution in [3.05, 3.63) is 0 Å². The highest BCUT2D eigenvalue weighted by Crippen LogP contribution is 2.31. The third-order valence-electron chi connectivity index (χ3n) is 3.60. The number of nitrogens with two attached hydrogens (primary N) is 1. The monoisotopic (exact) mass is 309 g/mol. The minimum Gasteiger partial charge on any atom is -0.480 e. The molecule has 1 fully saturated rings. The number of nitrogens with zero attached hydrogens (tertiary/aromatic N) is 1. The van der Waals surface area contributed by atoms with E-state index in [1.807, 2.05) is 0 Å². The van der Waals surface area contributed by atoms with Gasteiger partial charge in [-0.3, -0.25) is 4.79 Å². The van der Waals surface area contributed by atoms with Gasteiger partial charge in [0.25, 0.3) is 10.2 Å². The van der Waals surface area contributed by atoms with Crippen LogP contribution in [0, 0.1) is 5.92 Å². The van der Waals surface area contributed by atoms with Crippen LogP contribution in [-0.2, 0) is 15.0 Å². The van der Waals surface area contributed by atoms with Crippen LogP contribution in [0.15, 0.2) is 0 Å². The molecule has 11 heteroatoms. The molecule has 116 valence electrons. The lowest BCUT2D eigenvalue weighted by molar-refractivity contribution is -0.144. The van der Waals surface area contributed by atoms with Gasteiger partial charge in [0.2, 0.25) is 0 Å². The molecule has 0 bridgehead atoms. The first-order chi connectivity index (χ1) is 9.13. The fourth-order valence-corrected chi connectivity index (χ4v) is 3.36. The van der Waals surface area contributed by atoms with Crippen LogP contribution in [0.25, 0.3) is 0 Å². The van der Waals surface area contributed by atoms with Gasteiger partial charge in [-0.1, -0.05) is 6.42 Å². The number of aliphatic carboxylic acids is 1. The van der Waals surface area contributed by atoms with Crippen molar-refractivity contribution in [2.75, 3.05) is 20.1 Å². The van der Waals surface area contributed by atoms with Crippen LogP contribution in [0.2, 0.25) is 6.32 Å². The second-order valence-corrected chi connectivity index (χ2v) is 6.83. The van der Waals surface area contributed by atoms with Crippen molar-refractivity contribution in [2.24, 2.45) is 11.7 Å². The Morgan fingerprint density at radius 2 is 2.15 bits per heavy atom. The highest BCUT2D eigenvalue weighted by Gasteiger charge is 2.52. The summed E-state index contributed by atoms with van der Waals surface area (Å²) >= 11 is 0. The van der Waals surface area contributed by atoms with Crippen LogP contribution in [0.4, 0.5) is 0 Å². The third-order valence-corrected chi connectivity index (χ3v) is 5.08. The molecule has 1 aliphatic rings. The zero-order valence-corrected chi connectivity index (χ0v) is 12.0. The topological polar surface area (TPSA) is 153 Å². The van der Waals surface area contributed by atoms with Gasteiger partial charge in [-0.05, 0) is 12.7 Å². The molecule has 1 saturated heterocycles. The SMILES string of the molecule is CNS(=O)(=O)N1C[C@H](CCCB(O)O)[C@](N)(C(=O)O)C1. The third kappa shape index (κ3) is 3.68. The Hall–Kier alpha value is -0.715. The highest BCUT2D eigenvalue weighted by molar-refractivity contribution is 7.87. The molecule has 0 spiro atoms. The quantitative estimate of drug-likeness (QED) is 0.324. The van der Waals surface area contributed by atoms with E-state index in [9.17, 15) is 18.3 Å². The fourth-order valence-electron chi connectivity index (χ4n) is 2.34. The number of carboxylic acids is 1. The van der Waals surface area contributed by atoms with Gasteiger partial charge in [0.05, 0.1) is 0 Å². The first kappa shape index (κ1) is 17.3. The molecule has 1 heterocycles. The molecule has 1 aliphatic heterocycles. The molecule has 0 unspecified atom stereocenters. The Kier molecular flexibility index (Phi) is 5.52. The first-order valence-corrected chi connectivity index (χ1v) is 7.64. The molecule has 1 rings (SSSR count). The maximum atomic E-state index is 11.7. The molecular formula is C9H20BN3O6S. The standard InChI is InChI=1S/C9H20BN3O6S/c1-12-20(18,19)13-5-7(3-2-4-10(16)17)9(11,6-13)8(14)15/h7,12,16-17H,2-6,11H2,1H3,(H,14,15)/t7-,9-/m0/s1. The smallest absolute Gasteiger partial charge is 0.451 e. The van der Waals surface area contributed by atoms with E-state index in [1.54, 1.807) is 0 Å². The Morgan fingerprint density at radius 3 is 2.60 bits per heavy atom. The van der Waals surface area contributed by atoms with Crippen LogP contribution in [0.3, 0.4) is 0 Å². The highest BCUT2D eigenvalue weighted by atomic mass is 32.2. The van der Waals surface area contributed by atoms with Crippen molar-refractivity contribution in [3.8, 4) is 0 Å². The van der Waals surface area contributed by atoms with Crippen molar-refractivity contribution in [2.45, 2.75) is 24.7 Å². The van der Waals surface area contributed by atoms with Gasteiger partial charge in [0.1, 0.15) is 5.54 Å². The molecule has 20 heavy (non-hydrogen) atoms. The first-order valence-electron chi connectivity index (χ1n) is 6.20. The Balaban J connectivity index is 2.83. The normalized spacial score (nSPS) is 27.7. The zero-order valence-electron chi connectivity index (χ0n) is 11.2.